The maximum Gasteiger partial charge on any atom is 0.251 e. The highest BCUT2D eigenvalue weighted by molar-refractivity contribution is 9.10. The van der Waals surface area contributed by atoms with Crippen LogP contribution in [-0.2, 0) is 0 Å². The van der Waals surface area contributed by atoms with E-state index in [-0.39, 0.29) is 11.9 Å². The predicted molar refractivity (Wildman–Crippen MR) is 65.0 cm³/mol. The topological polar surface area (TPSA) is 41.1 Å². The third kappa shape index (κ3) is 3.90. The number of hydrogen-bond donors (Lipinski definition) is 2. The van der Waals surface area contributed by atoms with Crippen LogP contribution in [0.25, 0.3) is 0 Å². The van der Waals surface area contributed by atoms with Crippen molar-refractivity contribution in [2.75, 3.05) is 13.6 Å². The smallest absolute Gasteiger partial charge is 0.251 e. The van der Waals surface area contributed by atoms with Crippen molar-refractivity contribution >= 4 is 21.8 Å². The fourth-order valence-electron chi connectivity index (χ4n) is 1.13. The van der Waals surface area contributed by atoms with E-state index in [1.54, 1.807) is 6.07 Å². The third-order valence-electron chi connectivity index (χ3n) is 2.19. The van der Waals surface area contributed by atoms with Crippen LogP contribution in [0, 0.1) is 5.82 Å². The van der Waals surface area contributed by atoms with Crippen LogP contribution in [0.4, 0.5) is 4.39 Å². The second-order valence-corrected chi connectivity index (χ2v) is 4.47. The molecular weight excluding hydrogens is 275 g/mol. The highest BCUT2D eigenvalue weighted by atomic mass is 79.9. The molecule has 1 atom stereocenters. The second kappa shape index (κ2) is 5.96. The van der Waals surface area contributed by atoms with Crippen LogP contribution >= 0.6 is 15.9 Å². The van der Waals surface area contributed by atoms with Gasteiger partial charge in [-0.15, -0.1) is 0 Å². The number of benzene rings is 1. The maximum atomic E-state index is 13.0. The molecular formula is C11H14BrFN2O. The molecule has 1 aromatic carbocycles. The molecule has 0 spiro atoms. The van der Waals surface area contributed by atoms with E-state index in [1.807, 2.05) is 14.0 Å². The van der Waals surface area contributed by atoms with E-state index in [4.69, 9.17) is 0 Å². The molecule has 0 bridgehead atoms. The molecule has 2 N–H and O–H groups in total. The molecule has 0 aliphatic rings. The molecule has 1 unspecified atom stereocenters. The van der Waals surface area contributed by atoms with Crippen LogP contribution < -0.4 is 10.6 Å². The monoisotopic (exact) mass is 288 g/mol. The molecule has 3 nitrogen and oxygen atoms in total. The zero-order valence-corrected chi connectivity index (χ0v) is 10.8. The standard InChI is InChI=1S/C11H14BrFN2O/c1-7(14-2)6-15-11(16)8-3-9(12)5-10(13)4-8/h3-5,7,14H,6H2,1-2H3,(H,15,16). The summed E-state index contributed by atoms with van der Waals surface area (Å²) in [6.45, 7) is 2.45. The highest BCUT2D eigenvalue weighted by Crippen LogP contribution is 2.14. The molecule has 1 aromatic rings. The average Bonchev–Trinajstić information content (AvgIpc) is 2.23. The minimum absolute atomic E-state index is 0.181. The summed E-state index contributed by atoms with van der Waals surface area (Å²) < 4.78 is 13.6. The Bertz CT molecular complexity index is 364. The molecule has 1 rings (SSSR count). The highest BCUT2D eigenvalue weighted by Gasteiger charge is 2.08. The number of likely N-dealkylation sites (N-methyl/N-ethyl adjacent to an activating group) is 1. The number of amides is 1. The van der Waals surface area contributed by atoms with Gasteiger partial charge in [0.05, 0.1) is 0 Å². The van der Waals surface area contributed by atoms with Gasteiger partial charge in [-0.05, 0) is 32.2 Å². The largest absolute Gasteiger partial charge is 0.350 e. The van der Waals surface area contributed by atoms with Crippen molar-refractivity contribution in [3.8, 4) is 0 Å². The molecule has 0 saturated carbocycles. The summed E-state index contributed by atoms with van der Waals surface area (Å²) >= 11 is 3.14. The lowest BCUT2D eigenvalue weighted by atomic mass is 10.2. The summed E-state index contributed by atoms with van der Waals surface area (Å²) in [5, 5.41) is 5.71. The Hall–Kier alpha value is -0.940. The van der Waals surface area contributed by atoms with Gasteiger partial charge in [-0.25, -0.2) is 4.39 Å². The Morgan fingerprint density at radius 3 is 2.75 bits per heavy atom. The number of carbonyl (C=O) groups is 1. The van der Waals surface area contributed by atoms with Crippen molar-refractivity contribution in [1.29, 1.82) is 0 Å². The van der Waals surface area contributed by atoms with E-state index in [0.29, 0.717) is 16.6 Å². The zero-order valence-electron chi connectivity index (χ0n) is 9.18. The lowest BCUT2D eigenvalue weighted by Crippen LogP contribution is -2.37. The van der Waals surface area contributed by atoms with Gasteiger partial charge < -0.3 is 10.6 Å². The summed E-state index contributed by atoms with van der Waals surface area (Å²) in [7, 11) is 1.82. The summed E-state index contributed by atoms with van der Waals surface area (Å²) in [4.78, 5) is 11.6. The Kier molecular flexibility index (Phi) is 4.89. The van der Waals surface area contributed by atoms with Crippen LogP contribution in [0.5, 0.6) is 0 Å². The van der Waals surface area contributed by atoms with Gasteiger partial charge >= 0.3 is 0 Å². The van der Waals surface area contributed by atoms with Crippen molar-refractivity contribution in [3.63, 3.8) is 0 Å². The van der Waals surface area contributed by atoms with Crippen LogP contribution in [-0.4, -0.2) is 25.5 Å². The second-order valence-electron chi connectivity index (χ2n) is 3.56. The summed E-state index contributed by atoms with van der Waals surface area (Å²) in [5.41, 5.74) is 0.315. The van der Waals surface area contributed by atoms with Gasteiger partial charge in [0.25, 0.3) is 5.91 Å². The fraction of sp³-hybridized carbons (Fsp3) is 0.364. The normalized spacial score (nSPS) is 12.2. The maximum absolute atomic E-state index is 13.0. The first-order chi connectivity index (χ1) is 7.52. The quantitative estimate of drug-likeness (QED) is 0.889. The molecule has 0 fully saturated rings. The third-order valence-corrected chi connectivity index (χ3v) is 2.64. The molecule has 88 valence electrons. The van der Waals surface area contributed by atoms with Gasteiger partial charge in [-0.1, -0.05) is 15.9 Å². The number of carbonyl (C=O) groups excluding carboxylic acids is 1. The number of rotatable bonds is 4. The Morgan fingerprint density at radius 1 is 1.50 bits per heavy atom. The summed E-state index contributed by atoms with van der Waals surface area (Å²) in [6.07, 6.45) is 0. The zero-order chi connectivity index (χ0) is 12.1. The van der Waals surface area contributed by atoms with E-state index in [1.165, 1.54) is 12.1 Å². The van der Waals surface area contributed by atoms with E-state index in [0.717, 1.165) is 0 Å². The molecule has 0 heterocycles. The minimum atomic E-state index is -0.429. The van der Waals surface area contributed by atoms with Gasteiger partial charge in [-0.2, -0.15) is 0 Å². The van der Waals surface area contributed by atoms with Crippen molar-refractivity contribution in [1.82, 2.24) is 10.6 Å². The van der Waals surface area contributed by atoms with Crippen molar-refractivity contribution in [3.05, 3.63) is 34.1 Å². The van der Waals surface area contributed by atoms with Gasteiger partial charge in [0, 0.05) is 22.6 Å². The van der Waals surface area contributed by atoms with Crippen molar-refractivity contribution < 1.29 is 9.18 Å². The molecule has 1 amide bonds. The first-order valence-corrected chi connectivity index (χ1v) is 5.73. The molecule has 0 aliphatic carbocycles. The van der Waals surface area contributed by atoms with Gasteiger partial charge in [0.2, 0.25) is 0 Å². The molecule has 0 aliphatic heterocycles. The fourth-order valence-corrected chi connectivity index (χ4v) is 1.60. The first kappa shape index (κ1) is 13.1. The molecule has 16 heavy (non-hydrogen) atoms. The Balaban J connectivity index is 2.66. The number of hydrogen-bond acceptors (Lipinski definition) is 2. The average molecular weight is 289 g/mol. The predicted octanol–water partition coefficient (Wildman–Crippen LogP) is 1.93. The van der Waals surface area contributed by atoms with Crippen LogP contribution in [0.2, 0.25) is 0 Å². The SMILES string of the molecule is CNC(C)CNC(=O)c1cc(F)cc(Br)c1. The molecule has 5 heteroatoms. The Morgan fingerprint density at radius 2 is 2.19 bits per heavy atom. The summed E-state index contributed by atoms with van der Waals surface area (Å²) in [5.74, 6) is -0.705. The summed E-state index contributed by atoms with van der Waals surface area (Å²) in [6, 6.07) is 4.29. The van der Waals surface area contributed by atoms with E-state index in [9.17, 15) is 9.18 Å². The lowest BCUT2D eigenvalue weighted by molar-refractivity contribution is 0.0950. The van der Waals surface area contributed by atoms with Gasteiger partial charge in [-0.3, -0.25) is 4.79 Å². The number of nitrogens with one attached hydrogen (secondary N) is 2. The molecule has 0 saturated heterocycles. The van der Waals surface area contributed by atoms with E-state index < -0.39 is 5.82 Å². The van der Waals surface area contributed by atoms with Crippen LogP contribution in [0.1, 0.15) is 17.3 Å². The van der Waals surface area contributed by atoms with Crippen LogP contribution in [0.15, 0.2) is 22.7 Å². The first-order valence-electron chi connectivity index (χ1n) is 4.94. The molecule has 0 aromatic heterocycles. The van der Waals surface area contributed by atoms with Crippen molar-refractivity contribution in [2.45, 2.75) is 13.0 Å². The van der Waals surface area contributed by atoms with Gasteiger partial charge in [0.15, 0.2) is 0 Å². The number of halogens is 2. The van der Waals surface area contributed by atoms with Crippen LogP contribution in [0.3, 0.4) is 0 Å². The van der Waals surface area contributed by atoms with E-state index in [2.05, 4.69) is 26.6 Å². The minimum Gasteiger partial charge on any atom is -0.350 e. The Labute approximate surface area is 103 Å². The van der Waals surface area contributed by atoms with Gasteiger partial charge in [0.1, 0.15) is 5.82 Å². The molecule has 0 radical (unpaired) electrons. The lowest BCUT2D eigenvalue weighted by Gasteiger charge is -2.11. The van der Waals surface area contributed by atoms with Crippen molar-refractivity contribution in [2.24, 2.45) is 0 Å². The van der Waals surface area contributed by atoms with E-state index >= 15 is 0 Å².